The van der Waals surface area contributed by atoms with Gasteiger partial charge in [0.2, 0.25) is 11.8 Å². The van der Waals surface area contributed by atoms with Crippen LogP contribution in [0, 0.1) is 16.0 Å². The summed E-state index contributed by atoms with van der Waals surface area (Å²) in [4.78, 5) is 53.2. The molecule has 0 aromatic heterocycles. The van der Waals surface area contributed by atoms with Crippen molar-refractivity contribution in [2.45, 2.75) is 46.1 Å². The summed E-state index contributed by atoms with van der Waals surface area (Å²) >= 11 is 0. The number of nitro groups is 1. The minimum absolute atomic E-state index is 0.00806. The molecular formula is C23H33N5O5. The van der Waals surface area contributed by atoms with Crippen molar-refractivity contribution in [1.82, 2.24) is 15.1 Å². The van der Waals surface area contributed by atoms with Crippen LogP contribution in [-0.4, -0.2) is 77.8 Å². The summed E-state index contributed by atoms with van der Waals surface area (Å²) < 4.78 is 0. The SMILES string of the molecule is CC(=O)N1CCN(c2ccc(C(=O)NC3CCN(C(=O)CC(C)C)CC3)cc2[N+](=O)[O-])CC1. The fourth-order valence-corrected chi connectivity index (χ4v) is 4.36. The summed E-state index contributed by atoms with van der Waals surface area (Å²) in [7, 11) is 0. The Bertz CT molecular complexity index is 903. The number of carbonyl (C=O) groups excluding carboxylic acids is 3. The van der Waals surface area contributed by atoms with E-state index in [9.17, 15) is 24.5 Å². The highest BCUT2D eigenvalue weighted by atomic mass is 16.6. The van der Waals surface area contributed by atoms with E-state index in [-0.39, 0.29) is 35.0 Å². The molecule has 2 aliphatic heterocycles. The number of nitrogens with zero attached hydrogens (tertiary/aromatic N) is 4. The number of carbonyl (C=O) groups is 3. The predicted octanol–water partition coefficient (Wildman–Crippen LogP) is 2.03. The number of amides is 3. The third kappa shape index (κ3) is 6.21. The van der Waals surface area contributed by atoms with Crippen LogP contribution in [0.5, 0.6) is 0 Å². The number of anilines is 1. The molecule has 0 bridgehead atoms. The zero-order chi connectivity index (χ0) is 24.1. The smallest absolute Gasteiger partial charge is 0.293 e. The maximum absolute atomic E-state index is 12.8. The minimum Gasteiger partial charge on any atom is -0.362 e. The van der Waals surface area contributed by atoms with Crippen LogP contribution in [0.15, 0.2) is 18.2 Å². The molecule has 0 unspecified atom stereocenters. The van der Waals surface area contributed by atoms with Gasteiger partial charge in [-0.15, -0.1) is 0 Å². The molecule has 10 nitrogen and oxygen atoms in total. The summed E-state index contributed by atoms with van der Waals surface area (Å²) in [6, 6.07) is 4.47. The minimum atomic E-state index is -0.470. The second-order valence-corrected chi connectivity index (χ2v) is 9.18. The highest BCUT2D eigenvalue weighted by molar-refractivity contribution is 5.96. The Balaban J connectivity index is 1.61. The van der Waals surface area contributed by atoms with E-state index in [1.165, 1.54) is 13.0 Å². The standard InChI is InChI=1S/C23H33N5O5/c1-16(2)14-22(30)27-8-6-19(7-9-27)24-23(31)18-4-5-20(21(15-18)28(32)33)26-12-10-25(11-13-26)17(3)29/h4-5,15-16,19H,6-14H2,1-3H3,(H,24,31). The molecular weight excluding hydrogens is 426 g/mol. The van der Waals surface area contributed by atoms with Gasteiger partial charge in [0, 0.05) is 70.3 Å². The number of piperazine rings is 1. The number of benzene rings is 1. The topological polar surface area (TPSA) is 116 Å². The number of nitrogens with one attached hydrogen (secondary N) is 1. The van der Waals surface area contributed by atoms with E-state index < -0.39 is 4.92 Å². The first-order chi connectivity index (χ1) is 15.7. The fourth-order valence-electron chi connectivity index (χ4n) is 4.36. The first kappa shape index (κ1) is 24.5. The van der Waals surface area contributed by atoms with Crippen LogP contribution in [-0.2, 0) is 9.59 Å². The van der Waals surface area contributed by atoms with Gasteiger partial charge in [0.25, 0.3) is 11.6 Å². The molecule has 10 heteroatoms. The molecule has 33 heavy (non-hydrogen) atoms. The first-order valence-corrected chi connectivity index (χ1v) is 11.5. The van der Waals surface area contributed by atoms with Crippen molar-refractivity contribution in [2.24, 2.45) is 5.92 Å². The normalized spacial score (nSPS) is 17.3. The molecule has 1 aromatic carbocycles. The molecule has 3 rings (SSSR count). The van der Waals surface area contributed by atoms with Crippen molar-refractivity contribution in [3.63, 3.8) is 0 Å². The maximum atomic E-state index is 12.8. The number of hydrogen-bond donors (Lipinski definition) is 1. The lowest BCUT2D eigenvalue weighted by atomic mass is 10.0. The summed E-state index contributed by atoms with van der Waals surface area (Å²) in [5, 5.41) is 14.7. The van der Waals surface area contributed by atoms with Crippen LogP contribution < -0.4 is 10.2 Å². The van der Waals surface area contributed by atoms with Gasteiger partial charge in [0.05, 0.1) is 4.92 Å². The summed E-state index contributed by atoms with van der Waals surface area (Å²) in [6.07, 6.45) is 1.85. The van der Waals surface area contributed by atoms with Crippen LogP contribution in [0.4, 0.5) is 11.4 Å². The Labute approximate surface area is 194 Å². The Hall–Kier alpha value is -3.17. The number of likely N-dealkylation sites (tertiary alicyclic amines) is 1. The summed E-state index contributed by atoms with van der Waals surface area (Å²) in [5.74, 6) is 0.0983. The molecule has 0 spiro atoms. The summed E-state index contributed by atoms with van der Waals surface area (Å²) in [6.45, 7) is 8.76. The molecule has 2 heterocycles. The van der Waals surface area contributed by atoms with Crippen molar-refractivity contribution in [3.8, 4) is 0 Å². The van der Waals surface area contributed by atoms with Gasteiger partial charge in [0.15, 0.2) is 0 Å². The monoisotopic (exact) mass is 459 g/mol. The zero-order valence-corrected chi connectivity index (χ0v) is 19.6. The zero-order valence-electron chi connectivity index (χ0n) is 19.6. The van der Waals surface area contributed by atoms with E-state index in [1.54, 1.807) is 17.0 Å². The van der Waals surface area contributed by atoms with Gasteiger partial charge in [0.1, 0.15) is 5.69 Å². The van der Waals surface area contributed by atoms with Crippen LogP contribution in [0.1, 0.15) is 50.4 Å². The molecule has 2 fully saturated rings. The molecule has 0 saturated carbocycles. The maximum Gasteiger partial charge on any atom is 0.293 e. The highest BCUT2D eigenvalue weighted by Crippen LogP contribution is 2.30. The van der Waals surface area contributed by atoms with Gasteiger partial charge < -0.3 is 20.0 Å². The largest absolute Gasteiger partial charge is 0.362 e. The molecule has 180 valence electrons. The van der Waals surface area contributed by atoms with E-state index in [0.717, 1.165) is 0 Å². The lowest BCUT2D eigenvalue weighted by Gasteiger charge is -2.35. The van der Waals surface area contributed by atoms with Crippen molar-refractivity contribution in [2.75, 3.05) is 44.2 Å². The van der Waals surface area contributed by atoms with Gasteiger partial charge in [-0.2, -0.15) is 0 Å². The number of rotatable bonds is 6. The second kappa shape index (κ2) is 10.6. The van der Waals surface area contributed by atoms with Crippen molar-refractivity contribution < 1.29 is 19.3 Å². The van der Waals surface area contributed by atoms with Crippen LogP contribution in [0.3, 0.4) is 0 Å². The molecule has 0 radical (unpaired) electrons. The molecule has 1 N–H and O–H groups in total. The van der Waals surface area contributed by atoms with Crippen LogP contribution in [0.2, 0.25) is 0 Å². The summed E-state index contributed by atoms with van der Waals surface area (Å²) in [5.41, 5.74) is 0.580. The molecule has 2 saturated heterocycles. The molecule has 0 aliphatic carbocycles. The van der Waals surface area contributed by atoms with E-state index in [4.69, 9.17) is 0 Å². The van der Waals surface area contributed by atoms with E-state index in [0.29, 0.717) is 70.1 Å². The Morgan fingerprint density at radius 1 is 1.06 bits per heavy atom. The number of piperidine rings is 1. The quantitative estimate of drug-likeness (QED) is 0.514. The lowest BCUT2D eigenvalue weighted by molar-refractivity contribution is -0.384. The Morgan fingerprint density at radius 3 is 2.24 bits per heavy atom. The van der Waals surface area contributed by atoms with Crippen LogP contribution >= 0.6 is 0 Å². The third-order valence-corrected chi connectivity index (χ3v) is 6.27. The van der Waals surface area contributed by atoms with E-state index >= 15 is 0 Å². The number of nitro benzene ring substituents is 1. The lowest BCUT2D eigenvalue weighted by Crippen LogP contribution is -2.48. The Kier molecular flexibility index (Phi) is 7.88. The average Bonchev–Trinajstić information content (AvgIpc) is 2.78. The van der Waals surface area contributed by atoms with Gasteiger partial charge in [-0.25, -0.2) is 0 Å². The van der Waals surface area contributed by atoms with Crippen molar-refractivity contribution >= 4 is 29.1 Å². The molecule has 1 aromatic rings. The fraction of sp³-hybridized carbons (Fsp3) is 0.609. The van der Waals surface area contributed by atoms with Gasteiger partial charge in [-0.05, 0) is 30.9 Å². The van der Waals surface area contributed by atoms with Gasteiger partial charge in [-0.1, -0.05) is 13.8 Å². The van der Waals surface area contributed by atoms with Gasteiger partial charge >= 0.3 is 0 Å². The highest BCUT2D eigenvalue weighted by Gasteiger charge is 2.28. The van der Waals surface area contributed by atoms with Crippen molar-refractivity contribution in [1.29, 1.82) is 0 Å². The number of hydrogen-bond acceptors (Lipinski definition) is 6. The average molecular weight is 460 g/mol. The third-order valence-electron chi connectivity index (χ3n) is 6.27. The van der Waals surface area contributed by atoms with Gasteiger partial charge in [-0.3, -0.25) is 24.5 Å². The first-order valence-electron chi connectivity index (χ1n) is 11.5. The molecule has 0 atom stereocenters. The van der Waals surface area contributed by atoms with E-state index in [1.807, 2.05) is 23.6 Å². The van der Waals surface area contributed by atoms with E-state index in [2.05, 4.69) is 5.32 Å². The molecule has 3 amide bonds. The Morgan fingerprint density at radius 2 is 1.70 bits per heavy atom. The molecule has 2 aliphatic rings. The predicted molar refractivity (Wildman–Crippen MR) is 124 cm³/mol. The van der Waals surface area contributed by atoms with Crippen molar-refractivity contribution in [3.05, 3.63) is 33.9 Å². The van der Waals surface area contributed by atoms with Crippen LogP contribution in [0.25, 0.3) is 0 Å². The second-order valence-electron chi connectivity index (χ2n) is 9.18.